The maximum Gasteiger partial charge on any atom is 0.225 e. The van der Waals surface area contributed by atoms with Crippen molar-refractivity contribution >= 4 is 16.8 Å². The van der Waals surface area contributed by atoms with Gasteiger partial charge in [-0.15, -0.1) is 0 Å². The van der Waals surface area contributed by atoms with Gasteiger partial charge in [0.05, 0.1) is 12.0 Å². The van der Waals surface area contributed by atoms with Gasteiger partial charge < -0.3 is 0 Å². The van der Waals surface area contributed by atoms with Crippen LogP contribution in [0.5, 0.6) is 0 Å². The fourth-order valence-electron chi connectivity index (χ4n) is 0.872. The highest BCUT2D eigenvalue weighted by Crippen LogP contribution is 2.40. The molecular weight excluding hydrogens is 174 g/mol. The summed E-state index contributed by atoms with van der Waals surface area (Å²) in [6, 6.07) is 0. The van der Waals surface area contributed by atoms with E-state index in [1.165, 1.54) is 0 Å². The molecule has 2 atom stereocenters. The van der Waals surface area contributed by atoms with Crippen molar-refractivity contribution in [3.05, 3.63) is 0 Å². The minimum absolute atomic E-state index is 0.0294. The van der Waals surface area contributed by atoms with Gasteiger partial charge in [0.1, 0.15) is 0 Å². The van der Waals surface area contributed by atoms with E-state index in [9.17, 15) is 4.79 Å². The summed E-state index contributed by atoms with van der Waals surface area (Å²) in [6.07, 6.45) is 0.663. The molecule has 1 rings (SSSR count). The topological polar surface area (TPSA) is 70.0 Å². The minimum atomic E-state index is -0.388. The van der Waals surface area contributed by atoms with Crippen LogP contribution in [0.15, 0.2) is 0 Å². The van der Waals surface area contributed by atoms with Crippen molar-refractivity contribution in [1.82, 2.24) is 5.39 Å². The van der Waals surface area contributed by atoms with Crippen molar-refractivity contribution in [3.8, 4) is 0 Å². The minimum Gasteiger partial charge on any atom is -0.281 e. The van der Waals surface area contributed by atoms with E-state index in [2.05, 4.69) is 4.84 Å². The molecule has 1 saturated carbocycles. The van der Waals surface area contributed by atoms with Gasteiger partial charge in [0, 0.05) is 5.92 Å². The molecule has 1 aliphatic rings. The average Bonchev–Trinajstić information content (AvgIpc) is 2.61. The van der Waals surface area contributed by atoms with Gasteiger partial charge in [-0.3, -0.25) is 20.0 Å². The molecule has 11 heavy (non-hydrogen) atoms. The molecule has 0 bridgehead atoms. The van der Waals surface area contributed by atoms with E-state index in [-0.39, 0.29) is 29.1 Å². The Morgan fingerprint density at radius 3 is 2.73 bits per heavy atom. The smallest absolute Gasteiger partial charge is 0.225 e. The maximum atomic E-state index is 10.4. The van der Waals surface area contributed by atoms with Crippen molar-refractivity contribution in [3.63, 3.8) is 0 Å². The normalized spacial score (nSPS) is 29.1. The highest BCUT2D eigenvalue weighted by molar-refractivity contribution is 6.64. The van der Waals surface area contributed by atoms with Crippen LogP contribution in [0, 0.1) is 11.8 Å². The molecular formula is C5H8ClNO4. The molecule has 0 aliphatic heterocycles. The molecule has 6 heteroatoms. The molecule has 0 radical (unpaired) electrons. The zero-order valence-electron chi connectivity index (χ0n) is 5.61. The molecule has 64 valence electrons. The highest BCUT2D eigenvalue weighted by Gasteiger charge is 2.42. The predicted molar refractivity (Wildman–Crippen MR) is 33.8 cm³/mol. The van der Waals surface area contributed by atoms with Crippen LogP contribution < -0.4 is 0 Å². The van der Waals surface area contributed by atoms with E-state index >= 15 is 0 Å². The third-order valence-electron chi connectivity index (χ3n) is 1.62. The predicted octanol–water partition coefficient (Wildman–Crippen LogP) is 0.400. The summed E-state index contributed by atoms with van der Waals surface area (Å²) in [5, 5.41) is 15.5. The Morgan fingerprint density at radius 2 is 2.36 bits per heavy atom. The number of carbonyl (C=O) groups is 1. The van der Waals surface area contributed by atoms with Crippen molar-refractivity contribution in [2.45, 2.75) is 6.42 Å². The van der Waals surface area contributed by atoms with Crippen molar-refractivity contribution in [2.75, 3.05) is 6.61 Å². The third kappa shape index (κ3) is 2.72. The third-order valence-corrected chi connectivity index (χ3v) is 1.90. The van der Waals surface area contributed by atoms with Crippen LogP contribution in [0.3, 0.4) is 0 Å². The van der Waals surface area contributed by atoms with Crippen LogP contribution in [0.25, 0.3) is 0 Å². The van der Waals surface area contributed by atoms with Crippen LogP contribution in [-0.4, -0.2) is 27.7 Å². The van der Waals surface area contributed by atoms with E-state index < -0.39 is 0 Å². The number of carbonyl (C=O) groups excluding carboxylic acids is 1. The van der Waals surface area contributed by atoms with E-state index in [0.29, 0.717) is 6.42 Å². The Balaban J connectivity index is 2.09. The monoisotopic (exact) mass is 181 g/mol. The molecule has 0 spiro atoms. The highest BCUT2D eigenvalue weighted by atomic mass is 35.5. The molecule has 0 aromatic carbocycles. The van der Waals surface area contributed by atoms with E-state index in [1.54, 1.807) is 0 Å². The Kier molecular flexibility index (Phi) is 2.80. The average molecular weight is 182 g/mol. The van der Waals surface area contributed by atoms with Crippen molar-refractivity contribution in [2.24, 2.45) is 11.8 Å². The summed E-state index contributed by atoms with van der Waals surface area (Å²) in [5.74, 6) is -0.140. The van der Waals surface area contributed by atoms with Gasteiger partial charge in [0.2, 0.25) is 5.24 Å². The summed E-state index contributed by atoms with van der Waals surface area (Å²) in [5.41, 5.74) is 0. The molecule has 1 fully saturated rings. The van der Waals surface area contributed by atoms with Gasteiger partial charge in [0.15, 0.2) is 0 Å². The summed E-state index contributed by atoms with van der Waals surface area (Å²) >= 11 is 5.15. The number of nitrogens with zero attached hydrogens (tertiary/aromatic N) is 1. The van der Waals surface area contributed by atoms with Crippen LogP contribution in [-0.2, 0) is 9.63 Å². The second-order valence-corrected chi connectivity index (χ2v) is 2.83. The molecule has 0 aromatic heterocycles. The van der Waals surface area contributed by atoms with Gasteiger partial charge in [-0.2, -0.15) is 0 Å². The maximum absolute atomic E-state index is 10.4. The van der Waals surface area contributed by atoms with Gasteiger partial charge in [0.25, 0.3) is 0 Å². The number of hydrogen-bond acceptors (Lipinski definition) is 5. The molecule has 0 saturated heterocycles. The van der Waals surface area contributed by atoms with Gasteiger partial charge in [-0.25, -0.2) is 0 Å². The summed E-state index contributed by atoms with van der Waals surface area (Å²) in [6.45, 7) is 0.107. The van der Waals surface area contributed by atoms with E-state index in [4.69, 9.17) is 22.0 Å². The standard InChI is InChI=1S/C5H8ClNO4/c6-5(8)4-1-3(4)2-11-7(9)10/h3-4,9-10H,1-2H2/t3-,4?/m1/s1. The van der Waals surface area contributed by atoms with Gasteiger partial charge in [-0.1, -0.05) is 0 Å². The first-order chi connectivity index (χ1) is 5.11. The second kappa shape index (κ2) is 3.46. The lowest BCUT2D eigenvalue weighted by Crippen LogP contribution is -2.16. The van der Waals surface area contributed by atoms with Gasteiger partial charge >= 0.3 is 0 Å². The fraction of sp³-hybridized carbons (Fsp3) is 0.800. The van der Waals surface area contributed by atoms with Crippen LogP contribution in [0.4, 0.5) is 0 Å². The zero-order valence-corrected chi connectivity index (χ0v) is 6.36. The molecule has 2 N–H and O–H groups in total. The number of hydrogen-bond donors (Lipinski definition) is 2. The lowest BCUT2D eigenvalue weighted by atomic mass is 10.3. The first-order valence-corrected chi connectivity index (χ1v) is 3.49. The number of halogens is 1. The molecule has 1 unspecified atom stereocenters. The van der Waals surface area contributed by atoms with E-state index in [1.807, 2.05) is 0 Å². The molecule has 0 aromatic rings. The Bertz CT molecular complexity index is 163. The Hall–Kier alpha value is -0.200. The molecule has 1 aliphatic carbocycles. The van der Waals surface area contributed by atoms with Crippen LogP contribution >= 0.6 is 11.6 Å². The summed E-state index contributed by atoms with van der Waals surface area (Å²) < 4.78 is 0. The van der Waals surface area contributed by atoms with Crippen LogP contribution in [0.1, 0.15) is 6.42 Å². The summed E-state index contributed by atoms with van der Waals surface area (Å²) in [7, 11) is 0. The van der Waals surface area contributed by atoms with Crippen molar-refractivity contribution in [1.29, 1.82) is 0 Å². The fourth-order valence-corrected chi connectivity index (χ4v) is 1.14. The largest absolute Gasteiger partial charge is 0.281 e. The second-order valence-electron chi connectivity index (χ2n) is 2.45. The zero-order chi connectivity index (χ0) is 8.43. The Morgan fingerprint density at radius 1 is 1.73 bits per heavy atom. The number of rotatable bonds is 4. The lowest BCUT2D eigenvalue weighted by molar-refractivity contribution is -0.493. The van der Waals surface area contributed by atoms with Crippen LogP contribution in [0.2, 0.25) is 0 Å². The molecule has 0 heterocycles. The van der Waals surface area contributed by atoms with Crippen molar-refractivity contribution < 1.29 is 20.0 Å². The molecule has 5 nitrogen and oxygen atoms in total. The first-order valence-electron chi connectivity index (χ1n) is 3.11. The molecule has 0 amide bonds. The van der Waals surface area contributed by atoms with Gasteiger partial charge in [-0.05, 0) is 23.9 Å². The Labute approximate surface area is 68.0 Å². The lowest BCUT2D eigenvalue weighted by Gasteiger charge is -2.03. The summed E-state index contributed by atoms with van der Waals surface area (Å²) in [4.78, 5) is 14.7. The quantitative estimate of drug-likeness (QED) is 0.485. The first kappa shape index (κ1) is 8.89. The van der Waals surface area contributed by atoms with E-state index in [0.717, 1.165) is 0 Å². The SMILES string of the molecule is O=C(Cl)C1C[C@@H]1CON(O)O.